The molecule has 2 aromatic rings. The van der Waals surface area contributed by atoms with Crippen LogP contribution >= 0.6 is 10.7 Å². The minimum Gasteiger partial charge on any atom is -0.329 e. The fraction of sp³-hybridized carbons (Fsp3) is 0.308. The van der Waals surface area contributed by atoms with Crippen molar-refractivity contribution in [2.24, 2.45) is 0 Å². The van der Waals surface area contributed by atoms with Gasteiger partial charge in [0.05, 0.1) is 0 Å². The maximum Gasteiger partial charge on any atom is 0.280 e. The number of rotatable bonds is 5. The van der Waals surface area contributed by atoms with E-state index in [0.717, 1.165) is 12.5 Å². The van der Waals surface area contributed by atoms with Crippen LogP contribution < -0.4 is 0 Å². The molecule has 0 saturated carbocycles. The van der Waals surface area contributed by atoms with E-state index < -0.39 is 20.7 Å². The first-order chi connectivity index (χ1) is 9.79. The molecule has 1 heterocycles. The van der Waals surface area contributed by atoms with Gasteiger partial charge < -0.3 is 4.57 Å². The fourth-order valence-electron chi connectivity index (χ4n) is 2.00. The van der Waals surface area contributed by atoms with E-state index in [1.54, 1.807) is 0 Å². The van der Waals surface area contributed by atoms with E-state index in [9.17, 15) is 17.2 Å². The Morgan fingerprint density at radius 3 is 2.38 bits per heavy atom. The van der Waals surface area contributed by atoms with Gasteiger partial charge >= 0.3 is 0 Å². The Morgan fingerprint density at radius 1 is 1.24 bits per heavy atom. The highest BCUT2D eigenvalue weighted by Crippen LogP contribution is 2.18. The van der Waals surface area contributed by atoms with Crippen LogP contribution in [0.5, 0.6) is 0 Å². The fourth-order valence-corrected chi connectivity index (χ4v) is 2.70. The van der Waals surface area contributed by atoms with Gasteiger partial charge in [-0.05, 0) is 24.1 Å². The Bertz CT molecular complexity index is 739. The molecule has 0 aliphatic heterocycles. The second kappa shape index (κ2) is 6.11. The molecule has 114 valence electrons. The Hall–Kier alpha value is -1.47. The van der Waals surface area contributed by atoms with Crippen LogP contribution in [-0.4, -0.2) is 18.0 Å². The Morgan fingerprint density at radius 2 is 1.86 bits per heavy atom. The first kappa shape index (κ1) is 15.9. The molecule has 21 heavy (non-hydrogen) atoms. The minimum absolute atomic E-state index is 0.115. The summed E-state index contributed by atoms with van der Waals surface area (Å²) in [5.74, 6) is -0.874. The van der Waals surface area contributed by atoms with E-state index in [1.807, 2.05) is 6.92 Å². The van der Waals surface area contributed by atoms with Crippen molar-refractivity contribution in [2.45, 2.75) is 31.3 Å². The third-order valence-corrected chi connectivity index (χ3v) is 4.01. The molecule has 0 spiro atoms. The van der Waals surface area contributed by atoms with E-state index in [4.69, 9.17) is 10.7 Å². The van der Waals surface area contributed by atoms with Crippen molar-refractivity contribution in [3.05, 3.63) is 47.4 Å². The number of hydrogen-bond donors (Lipinski definition) is 0. The zero-order chi connectivity index (χ0) is 15.6. The number of hydrogen-bond acceptors (Lipinski definition) is 3. The topological polar surface area (TPSA) is 52.0 Å². The van der Waals surface area contributed by atoms with Crippen LogP contribution in [0.2, 0.25) is 0 Å². The second-order valence-electron chi connectivity index (χ2n) is 4.59. The molecule has 0 unspecified atom stereocenters. The van der Waals surface area contributed by atoms with Gasteiger partial charge in [0, 0.05) is 35.9 Å². The van der Waals surface area contributed by atoms with Crippen molar-refractivity contribution in [1.82, 2.24) is 9.55 Å². The zero-order valence-electron chi connectivity index (χ0n) is 11.2. The summed E-state index contributed by atoms with van der Waals surface area (Å²) in [5, 5.41) is -0.260. The Balaban J connectivity index is 2.40. The molecule has 8 heteroatoms. The van der Waals surface area contributed by atoms with Crippen LogP contribution in [0.4, 0.5) is 8.78 Å². The first-order valence-electron chi connectivity index (χ1n) is 6.25. The third-order valence-electron chi connectivity index (χ3n) is 2.84. The average molecular weight is 335 g/mol. The number of benzene rings is 1. The van der Waals surface area contributed by atoms with Crippen molar-refractivity contribution in [3.8, 4) is 0 Å². The van der Waals surface area contributed by atoms with Crippen LogP contribution in [-0.2, 0) is 22.0 Å². The monoisotopic (exact) mass is 334 g/mol. The molecule has 0 amide bonds. The molecule has 0 aliphatic rings. The van der Waals surface area contributed by atoms with Gasteiger partial charge in [0.2, 0.25) is 0 Å². The van der Waals surface area contributed by atoms with Gasteiger partial charge in [-0.3, -0.25) is 0 Å². The van der Waals surface area contributed by atoms with Crippen LogP contribution in [0.25, 0.3) is 0 Å². The summed E-state index contributed by atoms with van der Waals surface area (Å²) in [6.07, 6.45) is 2.55. The normalized spacial score (nSPS) is 11.8. The molecule has 0 bridgehead atoms. The summed E-state index contributed by atoms with van der Waals surface area (Å²) >= 11 is 0. The van der Waals surface area contributed by atoms with Gasteiger partial charge in [-0.2, -0.15) is 0 Å². The molecule has 0 aliphatic carbocycles. The molecule has 4 nitrogen and oxygen atoms in total. The molecular weight excluding hydrogens is 322 g/mol. The number of aryl methyl sites for hydroxylation is 1. The van der Waals surface area contributed by atoms with Crippen molar-refractivity contribution < 1.29 is 17.2 Å². The summed E-state index contributed by atoms with van der Waals surface area (Å²) in [6.45, 7) is 2.03. The minimum atomic E-state index is -3.94. The van der Waals surface area contributed by atoms with Gasteiger partial charge in [0.25, 0.3) is 9.05 Å². The summed E-state index contributed by atoms with van der Waals surface area (Å²) in [5.41, 5.74) is 0.376. The predicted molar refractivity (Wildman–Crippen MR) is 74.7 cm³/mol. The number of imidazole rings is 1. The van der Waals surface area contributed by atoms with Crippen LogP contribution in [0, 0.1) is 11.6 Å². The average Bonchev–Trinajstić information content (AvgIpc) is 2.71. The summed E-state index contributed by atoms with van der Waals surface area (Å²) in [7, 11) is 1.33. The summed E-state index contributed by atoms with van der Waals surface area (Å²) < 4.78 is 50.6. The van der Waals surface area contributed by atoms with E-state index in [-0.39, 0.29) is 11.6 Å². The van der Waals surface area contributed by atoms with Gasteiger partial charge in [-0.1, -0.05) is 6.92 Å². The lowest BCUT2D eigenvalue weighted by Crippen LogP contribution is -2.04. The van der Waals surface area contributed by atoms with Gasteiger partial charge in [-0.15, -0.1) is 0 Å². The zero-order valence-corrected chi connectivity index (χ0v) is 12.8. The van der Waals surface area contributed by atoms with Gasteiger partial charge in [0.1, 0.15) is 17.5 Å². The summed E-state index contributed by atoms with van der Waals surface area (Å²) in [6, 6.07) is 3.15. The van der Waals surface area contributed by atoms with Gasteiger partial charge in [-0.25, -0.2) is 22.2 Å². The lowest BCUT2D eigenvalue weighted by molar-refractivity contribution is 0.576. The molecule has 1 aromatic heterocycles. The van der Waals surface area contributed by atoms with E-state index in [2.05, 4.69) is 4.98 Å². The van der Waals surface area contributed by atoms with Crippen molar-refractivity contribution in [2.75, 3.05) is 0 Å². The van der Waals surface area contributed by atoms with E-state index >= 15 is 0 Å². The second-order valence-corrected chi connectivity index (χ2v) is 7.10. The van der Waals surface area contributed by atoms with E-state index in [1.165, 1.54) is 22.9 Å². The Kier molecular flexibility index (Phi) is 4.63. The lowest BCUT2D eigenvalue weighted by Gasteiger charge is -2.07. The van der Waals surface area contributed by atoms with Gasteiger partial charge in [0.15, 0.2) is 5.03 Å². The highest BCUT2D eigenvalue weighted by atomic mass is 35.7. The molecule has 1 aromatic carbocycles. The maximum absolute atomic E-state index is 13.2. The quantitative estimate of drug-likeness (QED) is 0.789. The number of aromatic nitrogens is 2. The first-order valence-corrected chi connectivity index (χ1v) is 8.56. The molecule has 0 radical (unpaired) electrons. The molecule has 2 rings (SSSR count). The molecule has 0 N–H and O–H groups in total. The maximum atomic E-state index is 13.2. The summed E-state index contributed by atoms with van der Waals surface area (Å²) in [4.78, 5) is 3.97. The highest BCUT2D eigenvalue weighted by Gasteiger charge is 2.17. The van der Waals surface area contributed by atoms with Crippen LogP contribution in [0.15, 0.2) is 29.4 Å². The van der Waals surface area contributed by atoms with Crippen molar-refractivity contribution >= 4 is 19.7 Å². The smallest absolute Gasteiger partial charge is 0.280 e. The largest absolute Gasteiger partial charge is 0.329 e. The molecule has 0 atom stereocenters. The van der Waals surface area contributed by atoms with Crippen LogP contribution in [0.3, 0.4) is 0 Å². The van der Waals surface area contributed by atoms with Crippen molar-refractivity contribution in [3.63, 3.8) is 0 Å². The number of halogens is 3. The SMILES string of the molecule is CCCc1nc(S(=O)(=O)Cl)cn1Cc1cc(F)cc(F)c1. The van der Waals surface area contributed by atoms with Crippen LogP contribution in [0.1, 0.15) is 24.7 Å². The lowest BCUT2D eigenvalue weighted by atomic mass is 10.2. The molecule has 0 saturated heterocycles. The molecular formula is C13H13ClF2N2O2S. The molecule has 0 fully saturated rings. The standard InChI is InChI=1S/C13H13ClF2N2O2S/c1-2-3-12-17-13(21(14,19)20)8-18(12)7-9-4-10(15)6-11(16)5-9/h4-6,8H,2-3,7H2,1H3. The predicted octanol–water partition coefficient (Wildman–Crippen LogP) is 3.09. The van der Waals surface area contributed by atoms with Crippen molar-refractivity contribution in [1.29, 1.82) is 0 Å². The van der Waals surface area contributed by atoms with E-state index in [0.29, 0.717) is 17.8 Å². The highest BCUT2D eigenvalue weighted by molar-refractivity contribution is 8.13. The Labute approximate surface area is 125 Å². The number of nitrogens with zero attached hydrogens (tertiary/aromatic N) is 2. The third kappa shape index (κ3) is 4.01.